The van der Waals surface area contributed by atoms with Crippen LogP contribution in [0.5, 0.6) is 0 Å². The molecule has 1 aromatic carbocycles. The van der Waals surface area contributed by atoms with Crippen molar-refractivity contribution in [2.75, 3.05) is 38.7 Å². The molecule has 0 radical (unpaired) electrons. The maximum Gasteiger partial charge on any atom is 0.337 e. The maximum atomic E-state index is 12.3. The lowest BCUT2D eigenvalue weighted by molar-refractivity contribution is -0.187. The third-order valence-corrected chi connectivity index (χ3v) is 4.38. The molecule has 0 bridgehead atoms. The Morgan fingerprint density at radius 2 is 1.68 bits per heavy atom. The van der Waals surface area contributed by atoms with Gasteiger partial charge in [0.2, 0.25) is 0 Å². The van der Waals surface area contributed by atoms with Crippen LogP contribution < -0.4 is 5.32 Å². The van der Waals surface area contributed by atoms with Crippen molar-refractivity contribution < 1.29 is 28.6 Å². The second kappa shape index (κ2) is 7.20. The number of carbonyl (C=O) groups excluding carboxylic acids is 3. The lowest BCUT2D eigenvalue weighted by Crippen LogP contribution is -2.50. The summed E-state index contributed by atoms with van der Waals surface area (Å²) in [4.78, 5) is 37.3. The molecule has 0 aliphatic carbocycles. The molecule has 2 aliphatic heterocycles. The largest absolute Gasteiger partial charge is 0.465 e. The molecule has 1 spiro atoms. The van der Waals surface area contributed by atoms with E-state index >= 15 is 0 Å². The summed E-state index contributed by atoms with van der Waals surface area (Å²) >= 11 is 0. The highest BCUT2D eigenvalue weighted by atomic mass is 16.7. The third-order valence-electron chi connectivity index (χ3n) is 4.38. The van der Waals surface area contributed by atoms with E-state index in [-0.39, 0.29) is 0 Å². The first-order valence-corrected chi connectivity index (χ1v) is 8.09. The lowest BCUT2D eigenvalue weighted by Gasteiger charge is -2.37. The van der Waals surface area contributed by atoms with Crippen LogP contribution in [0.15, 0.2) is 24.3 Å². The molecule has 0 saturated carbocycles. The van der Waals surface area contributed by atoms with Crippen LogP contribution in [-0.2, 0) is 23.8 Å². The van der Waals surface area contributed by atoms with Crippen molar-refractivity contribution in [1.29, 1.82) is 0 Å². The van der Waals surface area contributed by atoms with Gasteiger partial charge in [-0.1, -0.05) is 0 Å². The predicted molar refractivity (Wildman–Crippen MR) is 86.9 cm³/mol. The molecule has 8 nitrogen and oxygen atoms in total. The number of carbonyl (C=O) groups is 3. The monoisotopic (exact) mass is 348 g/mol. The fourth-order valence-corrected chi connectivity index (χ4v) is 2.97. The van der Waals surface area contributed by atoms with Crippen molar-refractivity contribution in [2.45, 2.75) is 18.6 Å². The zero-order valence-electron chi connectivity index (χ0n) is 13.9. The number of amides is 2. The van der Waals surface area contributed by atoms with Crippen molar-refractivity contribution in [3.63, 3.8) is 0 Å². The first-order valence-electron chi connectivity index (χ1n) is 8.09. The van der Waals surface area contributed by atoms with Crippen molar-refractivity contribution >= 4 is 23.5 Å². The fraction of sp³-hybridized carbons (Fsp3) is 0.471. The van der Waals surface area contributed by atoms with Gasteiger partial charge in [-0.25, -0.2) is 4.79 Å². The van der Waals surface area contributed by atoms with Crippen molar-refractivity contribution in [1.82, 2.24) is 4.90 Å². The molecule has 2 heterocycles. The molecule has 1 aromatic rings. The molecule has 0 unspecified atom stereocenters. The van der Waals surface area contributed by atoms with Gasteiger partial charge in [-0.3, -0.25) is 9.59 Å². The minimum absolute atomic E-state index is 0.365. The predicted octanol–water partition coefficient (Wildman–Crippen LogP) is 0.777. The Hall–Kier alpha value is -2.45. The maximum absolute atomic E-state index is 12.3. The molecular formula is C17H20N2O6. The van der Waals surface area contributed by atoms with Crippen LogP contribution in [-0.4, -0.2) is 61.9 Å². The molecule has 8 heteroatoms. The number of piperidine rings is 1. The highest BCUT2D eigenvalue weighted by Gasteiger charge is 2.41. The molecular weight excluding hydrogens is 328 g/mol. The Kier molecular flexibility index (Phi) is 5.00. The number of nitrogens with one attached hydrogen (secondary N) is 1. The minimum atomic E-state index is -0.713. The summed E-state index contributed by atoms with van der Waals surface area (Å²) in [5.74, 6) is -2.36. The number of rotatable bonds is 2. The first kappa shape index (κ1) is 17.4. The van der Waals surface area contributed by atoms with Gasteiger partial charge in [-0.05, 0) is 24.3 Å². The number of methoxy groups -OCH3 is 1. The van der Waals surface area contributed by atoms with Crippen molar-refractivity contribution in [3.05, 3.63) is 29.8 Å². The summed E-state index contributed by atoms with van der Waals surface area (Å²) in [5, 5.41) is 2.54. The molecule has 2 saturated heterocycles. The van der Waals surface area contributed by atoms with Crippen molar-refractivity contribution in [2.24, 2.45) is 0 Å². The summed E-state index contributed by atoms with van der Waals surface area (Å²) < 4.78 is 15.8. The number of hydrogen-bond donors (Lipinski definition) is 1. The summed E-state index contributed by atoms with van der Waals surface area (Å²) in [6.45, 7) is 1.95. The number of nitrogens with zero attached hydrogens (tertiary/aromatic N) is 1. The van der Waals surface area contributed by atoms with E-state index in [1.807, 2.05) is 0 Å². The van der Waals surface area contributed by atoms with E-state index in [1.165, 1.54) is 24.1 Å². The molecule has 2 aliphatic rings. The minimum Gasteiger partial charge on any atom is -0.465 e. The standard InChI is InChI=1S/C17H20N2O6/c1-23-16(22)12-2-4-13(5-3-12)18-14(20)15(21)19-8-6-17(7-9-19)24-10-11-25-17/h2-5H,6-11H2,1H3,(H,18,20). The van der Waals surface area contributed by atoms with Crippen LogP contribution in [0, 0.1) is 0 Å². The van der Waals surface area contributed by atoms with Crippen molar-refractivity contribution in [3.8, 4) is 0 Å². The average Bonchev–Trinajstić information content (AvgIpc) is 3.09. The van der Waals surface area contributed by atoms with E-state index in [9.17, 15) is 14.4 Å². The van der Waals surface area contributed by atoms with E-state index in [2.05, 4.69) is 10.1 Å². The van der Waals surface area contributed by atoms with Crippen LogP contribution in [0.2, 0.25) is 0 Å². The second-order valence-electron chi connectivity index (χ2n) is 5.92. The van der Waals surface area contributed by atoms with Crippen LogP contribution in [0.3, 0.4) is 0 Å². The van der Waals surface area contributed by atoms with Crippen LogP contribution in [0.4, 0.5) is 5.69 Å². The number of hydrogen-bond acceptors (Lipinski definition) is 6. The van der Waals surface area contributed by atoms with Crippen LogP contribution >= 0.6 is 0 Å². The topological polar surface area (TPSA) is 94.2 Å². The smallest absolute Gasteiger partial charge is 0.337 e. The summed E-state index contributed by atoms with van der Waals surface area (Å²) in [5.41, 5.74) is 0.798. The van der Waals surface area contributed by atoms with Gasteiger partial charge in [0.1, 0.15) is 0 Å². The molecule has 0 aromatic heterocycles. The zero-order chi connectivity index (χ0) is 17.9. The van der Waals surface area contributed by atoms with Gasteiger partial charge in [0.15, 0.2) is 5.79 Å². The normalized spacial score (nSPS) is 18.8. The van der Waals surface area contributed by atoms with Gasteiger partial charge in [0.05, 0.1) is 25.9 Å². The van der Waals surface area contributed by atoms with E-state index < -0.39 is 23.6 Å². The van der Waals surface area contributed by atoms with Gasteiger partial charge in [0.25, 0.3) is 0 Å². The highest BCUT2D eigenvalue weighted by Crippen LogP contribution is 2.31. The van der Waals surface area contributed by atoms with Gasteiger partial charge < -0.3 is 24.4 Å². The molecule has 2 amide bonds. The van der Waals surface area contributed by atoms with Gasteiger partial charge in [-0.2, -0.15) is 0 Å². The van der Waals surface area contributed by atoms with E-state index in [4.69, 9.17) is 9.47 Å². The molecule has 0 atom stereocenters. The highest BCUT2D eigenvalue weighted by molar-refractivity contribution is 6.39. The van der Waals surface area contributed by atoms with E-state index in [0.29, 0.717) is 50.4 Å². The Labute approximate surface area is 145 Å². The second-order valence-corrected chi connectivity index (χ2v) is 5.92. The molecule has 134 valence electrons. The number of benzene rings is 1. The van der Waals surface area contributed by atoms with E-state index in [1.54, 1.807) is 12.1 Å². The quantitative estimate of drug-likeness (QED) is 0.627. The number of esters is 1. The number of ether oxygens (including phenoxy) is 3. The molecule has 3 rings (SSSR count). The Morgan fingerprint density at radius 1 is 1.08 bits per heavy atom. The fourth-order valence-electron chi connectivity index (χ4n) is 2.97. The number of anilines is 1. The number of likely N-dealkylation sites (tertiary alicyclic amines) is 1. The summed E-state index contributed by atoms with van der Waals surface area (Å²) in [6.07, 6.45) is 1.11. The molecule has 2 fully saturated rings. The Balaban J connectivity index is 1.54. The SMILES string of the molecule is COC(=O)c1ccc(NC(=O)C(=O)N2CCC3(CC2)OCCO3)cc1. The molecule has 25 heavy (non-hydrogen) atoms. The Morgan fingerprint density at radius 3 is 2.24 bits per heavy atom. The lowest BCUT2D eigenvalue weighted by atomic mass is 10.0. The van der Waals surface area contributed by atoms with Gasteiger partial charge >= 0.3 is 17.8 Å². The van der Waals surface area contributed by atoms with E-state index in [0.717, 1.165) is 0 Å². The first-order chi connectivity index (χ1) is 12.0. The van der Waals surface area contributed by atoms with Gasteiger partial charge in [0, 0.05) is 31.6 Å². The molecule has 1 N–H and O–H groups in total. The average molecular weight is 348 g/mol. The third kappa shape index (κ3) is 3.80. The summed E-state index contributed by atoms with van der Waals surface area (Å²) in [7, 11) is 1.29. The van der Waals surface area contributed by atoms with Crippen LogP contribution in [0.1, 0.15) is 23.2 Å². The summed E-state index contributed by atoms with van der Waals surface area (Å²) in [6, 6.07) is 6.13. The Bertz CT molecular complexity index is 656. The zero-order valence-corrected chi connectivity index (χ0v) is 13.9. The van der Waals surface area contributed by atoms with Gasteiger partial charge in [-0.15, -0.1) is 0 Å². The van der Waals surface area contributed by atoms with Crippen LogP contribution in [0.25, 0.3) is 0 Å².